The van der Waals surface area contributed by atoms with Crippen LogP contribution in [0.5, 0.6) is 17.5 Å². The highest BCUT2D eigenvalue weighted by atomic mass is 35.5. The first-order valence-electron chi connectivity index (χ1n) is 17.6. The van der Waals surface area contributed by atoms with Crippen molar-refractivity contribution in [2.45, 2.75) is 76.5 Å². The van der Waals surface area contributed by atoms with Crippen LogP contribution >= 0.6 is 11.6 Å². The van der Waals surface area contributed by atoms with Gasteiger partial charge in [-0.1, -0.05) is 41.9 Å². The normalized spacial score (nSPS) is 17.6. The van der Waals surface area contributed by atoms with Crippen molar-refractivity contribution in [2.24, 2.45) is 0 Å². The second-order valence-electron chi connectivity index (χ2n) is 13.3. The van der Waals surface area contributed by atoms with Gasteiger partial charge in [-0.25, -0.2) is 0 Å². The summed E-state index contributed by atoms with van der Waals surface area (Å²) >= 11 is 7.11. The zero-order valence-corrected chi connectivity index (χ0v) is 30.5. The predicted molar refractivity (Wildman–Crippen MR) is 195 cm³/mol. The van der Waals surface area contributed by atoms with E-state index in [0.29, 0.717) is 55.2 Å². The summed E-state index contributed by atoms with van der Waals surface area (Å²) in [5.74, 6) is 0.192. The van der Waals surface area contributed by atoms with Crippen LogP contribution in [0.2, 0.25) is 5.02 Å². The van der Waals surface area contributed by atoms with Gasteiger partial charge in [-0.15, -0.1) is 0 Å². The zero-order chi connectivity index (χ0) is 37.7. The van der Waals surface area contributed by atoms with Gasteiger partial charge in [0.2, 0.25) is 17.7 Å². The Kier molecular flexibility index (Phi) is 12.1. The summed E-state index contributed by atoms with van der Waals surface area (Å²) < 4.78 is 60.4. The van der Waals surface area contributed by atoms with E-state index in [1.165, 1.54) is 7.11 Å². The van der Waals surface area contributed by atoms with Gasteiger partial charge in [-0.3, -0.25) is 9.78 Å². The summed E-state index contributed by atoms with van der Waals surface area (Å²) in [6.07, 6.45) is -1.23. The monoisotopic (exact) mass is 753 g/mol. The van der Waals surface area contributed by atoms with Crippen LogP contribution in [-0.2, 0) is 30.5 Å². The Hall–Kier alpha value is -4.43. The summed E-state index contributed by atoms with van der Waals surface area (Å²) in [4.78, 5) is 20.3. The minimum absolute atomic E-state index is 0.00645. The number of carbonyl (C=O) groups is 1. The number of rotatable bonds is 14. The quantitative estimate of drug-likeness (QED) is 0.110. The van der Waals surface area contributed by atoms with E-state index in [1.54, 1.807) is 20.2 Å². The molecular weight excluding hydrogens is 711 g/mol. The molecule has 1 saturated heterocycles. The Balaban J connectivity index is 1.27. The molecule has 0 saturated carbocycles. The minimum atomic E-state index is -4.74. The lowest BCUT2D eigenvalue weighted by atomic mass is 9.84. The predicted octanol–water partition coefficient (Wildman–Crippen LogP) is 6.80. The number of amides is 1. The fourth-order valence-electron chi connectivity index (χ4n) is 6.95. The average molecular weight is 754 g/mol. The van der Waals surface area contributed by atoms with E-state index in [-0.39, 0.29) is 36.5 Å². The molecule has 3 heterocycles. The molecule has 4 N–H and O–H groups in total. The first kappa shape index (κ1) is 38.3. The molecule has 3 unspecified atom stereocenters. The second kappa shape index (κ2) is 16.7. The Bertz CT molecular complexity index is 1940. The molecule has 1 fully saturated rings. The number of carbonyl (C=O) groups excluding carboxylic acids is 1. The van der Waals surface area contributed by atoms with Crippen LogP contribution in [-0.4, -0.2) is 60.4 Å². The number of aliphatic hydroxyl groups excluding tert-OH is 1. The van der Waals surface area contributed by atoms with Gasteiger partial charge in [0.05, 0.1) is 31.0 Å². The summed E-state index contributed by atoms with van der Waals surface area (Å²) in [7, 11) is 2.95. The van der Waals surface area contributed by atoms with Gasteiger partial charge in [0, 0.05) is 67.1 Å². The van der Waals surface area contributed by atoms with Gasteiger partial charge in [0.1, 0.15) is 17.4 Å². The van der Waals surface area contributed by atoms with Crippen molar-refractivity contribution in [1.29, 1.82) is 0 Å². The van der Waals surface area contributed by atoms with E-state index in [2.05, 4.69) is 25.9 Å². The maximum atomic E-state index is 14.4. The van der Waals surface area contributed by atoms with Crippen molar-refractivity contribution < 1.29 is 37.3 Å². The van der Waals surface area contributed by atoms with E-state index in [9.17, 15) is 23.1 Å². The van der Waals surface area contributed by atoms with Crippen LogP contribution in [0.3, 0.4) is 0 Å². The first-order valence-corrected chi connectivity index (χ1v) is 18.0. The van der Waals surface area contributed by atoms with Crippen molar-refractivity contribution >= 4 is 17.5 Å². The zero-order valence-electron chi connectivity index (χ0n) is 29.8. The average Bonchev–Trinajstić information content (AvgIpc) is 3.56. The number of hydrogen-bond donors (Lipinski definition) is 4. The summed E-state index contributed by atoms with van der Waals surface area (Å²) in [5, 5.41) is 19.3. The molecule has 0 spiro atoms. The van der Waals surface area contributed by atoms with Crippen molar-refractivity contribution in [1.82, 2.24) is 25.9 Å². The molecule has 1 amide bonds. The summed E-state index contributed by atoms with van der Waals surface area (Å²) in [5.41, 5.74) is 4.73. The van der Waals surface area contributed by atoms with Gasteiger partial charge < -0.3 is 35.3 Å². The van der Waals surface area contributed by atoms with E-state index in [4.69, 9.17) is 25.8 Å². The SMILES string of the molecule is COc1cc(-c2nccc(-c3cccc4c3CCCC4Oc3nc(OC)c(CNCC(C)O)cc3C(F)(F)F)c2Cl)ccc1CNCC1CCC(=O)N1. The molecule has 282 valence electrons. The van der Waals surface area contributed by atoms with Crippen LogP contribution in [0, 0.1) is 0 Å². The summed E-state index contributed by atoms with van der Waals surface area (Å²) in [6, 6.07) is 14.4. The van der Waals surface area contributed by atoms with E-state index in [1.807, 2.05) is 42.5 Å². The molecule has 10 nitrogen and oxygen atoms in total. The molecule has 2 aromatic carbocycles. The number of alkyl halides is 3. The van der Waals surface area contributed by atoms with Crippen LogP contribution in [0.15, 0.2) is 54.7 Å². The Labute approximate surface area is 311 Å². The van der Waals surface area contributed by atoms with Gasteiger partial charge in [-0.05, 0) is 67.5 Å². The molecule has 1 aliphatic carbocycles. The van der Waals surface area contributed by atoms with Gasteiger partial charge in [0.25, 0.3) is 0 Å². The Morgan fingerprint density at radius 3 is 2.53 bits per heavy atom. The molecule has 0 bridgehead atoms. The lowest BCUT2D eigenvalue weighted by molar-refractivity contribution is -0.139. The van der Waals surface area contributed by atoms with Crippen LogP contribution < -0.4 is 30.2 Å². The molecular formula is C39H43ClF3N5O5. The van der Waals surface area contributed by atoms with Gasteiger partial charge >= 0.3 is 6.18 Å². The number of hydrogen-bond acceptors (Lipinski definition) is 9. The number of nitrogens with zero attached hydrogens (tertiary/aromatic N) is 2. The third kappa shape index (κ3) is 8.86. The number of methoxy groups -OCH3 is 2. The maximum absolute atomic E-state index is 14.4. The van der Waals surface area contributed by atoms with Gasteiger partial charge in [0.15, 0.2) is 0 Å². The molecule has 53 heavy (non-hydrogen) atoms. The number of halogens is 4. The number of pyridine rings is 2. The number of aliphatic hydroxyl groups is 1. The number of benzene rings is 2. The highest BCUT2D eigenvalue weighted by Gasteiger charge is 2.38. The number of aromatic nitrogens is 2. The van der Waals surface area contributed by atoms with Crippen molar-refractivity contribution in [3.8, 4) is 39.9 Å². The number of ether oxygens (including phenoxy) is 3. The molecule has 14 heteroatoms. The van der Waals surface area contributed by atoms with Crippen molar-refractivity contribution in [3.63, 3.8) is 0 Å². The minimum Gasteiger partial charge on any atom is -0.496 e. The first-order chi connectivity index (χ1) is 25.5. The Morgan fingerprint density at radius 2 is 1.81 bits per heavy atom. The maximum Gasteiger partial charge on any atom is 0.421 e. The standard InChI is InChI=1S/C39H43ClF3N5O5/c1-22(49)18-44-20-25-16-31(39(41,42)43)38(48-37(25)52-3)53-32-9-5-7-27-28(6-4-8-29(27)32)30-14-15-46-36(35(30)40)23-10-11-24(33(17-23)51-2)19-45-21-26-12-13-34(50)47-26/h4,6,8,10-11,14-17,22,26,32,44-45,49H,5,7,9,12-13,18-21H2,1-3H3,(H,47,50). The third-order valence-corrected chi connectivity index (χ3v) is 9.90. The lowest BCUT2D eigenvalue weighted by Gasteiger charge is -2.29. The van der Waals surface area contributed by atoms with Crippen LogP contribution in [0.4, 0.5) is 13.2 Å². The molecule has 2 aliphatic rings. The topological polar surface area (TPSA) is 127 Å². The number of fused-ring (bicyclic) bond motifs is 1. The van der Waals surface area contributed by atoms with Crippen molar-refractivity contribution in [3.05, 3.63) is 87.6 Å². The largest absolute Gasteiger partial charge is 0.496 e. The highest BCUT2D eigenvalue weighted by Crippen LogP contribution is 2.45. The lowest BCUT2D eigenvalue weighted by Crippen LogP contribution is -2.35. The summed E-state index contributed by atoms with van der Waals surface area (Å²) in [6.45, 7) is 2.99. The van der Waals surface area contributed by atoms with E-state index >= 15 is 0 Å². The highest BCUT2D eigenvalue weighted by molar-refractivity contribution is 6.35. The molecule has 1 aliphatic heterocycles. The molecule has 6 rings (SSSR count). The van der Waals surface area contributed by atoms with E-state index < -0.39 is 29.8 Å². The van der Waals surface area contributed by atoms with E-state index in [0.717, 1.165) is 45.9 Å². The van der Waals surface area contributed by atoms with Crippen LogP contribution in [0.1, 0.15) is 66.5 Å². The molecule has 3 atom stereocenters. The molecule has 0 radical (unpaired) electrons. The smallest absolute Gasteiger partial charge is 0.421 e. The van der Waals surface area contributed by atoms with Crippen LogP contribution in [0.25, 0.3) is 22.4 Å². The van der Waals surface area contributed by atoms with Gasteiger partial charge in [-0.2, -0.15) is 18.2 Å². The third-order valence-electron chi connectivity index (χ3n) is 9.52. The van der Waals surface area contributed by atoms with Crippen molar-refractivity contribution in [2.75, 3.05) is 27.3 Å². The molecule has 2 aromatic heterocycles. The second-order valence-corrected chi connectivity index (χ2v) is 13.7. The Morgan fingerprint density at radius 1 is 1.00 bits per heavy atom. The fraction of sp³-hybridized carbons (Fsp3) is 0.410. The number of nitrogens with one attached hydrogen (secondary N) is 3. The fourth-order valence-corrected chi connectivity index (χ4v) is 7.27. The molecule has 4 aromatic rings.